The van der Waals surface area contributed by atoms with E-state index >= 15 is 0 Å². The molecule has 2 amide bonds. The fraction of sp³-hybridized carbons (Fsp3) is 0.182. The van der Waals surface area contributed by atoms with Gasteiger partial charge in [0.25, 0.3) is 21.9 Å². The third-order valence-corrected chi connectivity index (χ3v) is 3.95. The van der Waals surface area contributed by atoms with Gasteiger partial charge in [0.2, 0.25) is 0 Å². The SMILES string of the molecule is [N-]=[N+]=Nc1ccc(C(=O)ON2C(=O)CC(S(=O)(=O)O)C2=O)cc1.[NaH]. The summed E-state index contributed by atoms with van der Waals surface area (Å²) in [7, 11) is -4.78. The van der Waals surface area contributed by atoms with Crippen molar-refractivity contribution in [2.75, 3.05) is 0 Å². The van der Waals surface area contributed by atoms with Gasteiger partial charge in [-0.15, -0.1) is 5.06 Å². The van der Waals surface area contributed by atoms with Crippen molar-refractivity contribution in [2.45, 2.75) is 11.7 Å². The minimum absolute atomic E-state index is 0. The average Bonchev–Trinajstić information content (AvgIpc) is 2.76. The van der Waals surface area contributed by atoms with Crippen molar-refractivity contribution in [3.63, 3.8) is 0 Å². The quantitative estimate of drug-likeness (QED) is 0.197. The Morgan fingerprint density at radius 1 is 1.33 bits per heavy atom. The first-order valence-corrected chi connectivity index (χ1v) is 7.45. The number of hydroxylamine groups is 2. The first-order valence-electron chi connectivity index (χ1n) is 5.94. The molecule has 0 saturated carbocycles. The molecule has 24 heavy (non-hydrogen) atoms. The summed E-state index contributed by atoms with van der Waals surface area (Å²) in [5, 5.41) is 1.30. The van der Waals surface area contributed by atoms with Gasteiger partial charge in [-0.3, -0.25) is 14.1 Å². The van der Waals surface area contributed by atoms with Crippen LogP contribution in [0, 0.1) is 0 Å². The molecule has 2 rings (SSSR count). The van der Waals surface area contributed by atoms with Gasteiger partial charge >= 0.3 is 35.5 Å². The van der Waals surface area contributed by atoms with Crippen LogP contribution in [0.5, 0.6) is 0 Å². The Hall–Kier alpha value is -1.95. The predicted molar refractivity (Wildman–Crippen MR) is 79.6 cm³/mol. The molecule has 1 atom stereocenters. The zero-order valence-corrected chi connectivity index (χ0v) is 12.0. The van der Waals surface area contributed by atoms with Crippen LogP contribution in [-0.4, -0.2) is 70.6 Å². The summed E-state index contributed by atoms with van der Waals surface area (Å²) in [5.41, 5.74) is 8.41. The van der Waals surface area contributed by atoms with E-state index in [2.05, 4.69) is 14.9 Å². The molecule has 1 aliphatic heterocycles. The number of rotatable bonds is 4. The summed E-state index contributed by atoms with van der Waals surface area (Å²) in [5.74, 6) is -3.52. The van der Waals surface area contributed by atoms with Crippen molar-refractivity contribution in [1.82, 2.24) is 5.06 Å². The molecule has 0 radical (unpaired) electrons. The van der Waals surface area contributed by atoms with E-state index in [-0.39, 0.29) is 45.9 Å². The van der Waals surface area contributed by atoms with Gasteiger partial charge in [0, 0.05) is 10.6 Å². The van der Waals surface area contributed by atoms with E-state index in [4.69, 9.17) is 10.1 Å². The van der Waals surface area contributed by atoms with Gasteiger partial charge in [-0.2, -0.15) is 8.42 Å². The second-order valence-corrected chi connectivity index (χ2v) is 5.95. The molecule has 0 spiro atoms. The van der Waals surface area contributed by atoms with Crippen LogP contribution in [0.25, 0.3) is 10.4 Å². The van der Waals surface area contributed by atoms with E-state index in [1.807, 2.05) is 0 Å². The molecule has 1 aromatic rings. The molecule has 0 bridgehead atoms. The standard InChI is InChI=1S/C11H8N4O7S.Na.H/c12-14-13-7-3-1-6(2-4-7)11(18)22-15-9(16)5-8(10(15)17)23(19,20)21;;/h1-4,8H,5H2,(H,19,20,21);;. The summed E-state index contributed by atoms with van der Waals surface area (Å²) in [4.78, 5) is 42.2. The van der Waals surface area contributed by atoms with Crippen LogP contribution in [0.1, 0.15) is 16.8 Å². The van der Waals surface area contributed by atoms with Crippen LogP contribution in [0.3, 0.4) is 0 Å². The van der Waals surface area contributed by atoms with Crippen molar-refractivity contribution in [3.05, 3.63) is 40.3 Å². The molecule has 1 saturated heterocycles. The number of nitrogens with zero attached hydrogens (tertiary/aromatic N) is 4. The number of hydrogen-bond donors (Lipinski definition) is 1. The zero-order chi connectivity index (χ0) is 17.2. The van der Waals surface area contributed by atoms with Gasteiger partial charge < -0.3 is 4.84 Å². The molecule has 1 aromatic carbocycles. The molecule has 122 valence electrons. The van der Waals surface area contributed by atoms with Gasteiger partial charge in [-0.05, 0) is 17.7 Å². The zero-order valence-electron chi connectivity index (χ0n) is 11.2. The fourth-order valence-electron chi connectivity index (χ4n) is 1.76. The summed E-state index contributed by atoms with van der Waals surface area (Å²) in [6.45, 7) is 0. The molecule has 1 heterocycles. The number of carbonyl (C=O) groups excluding carboxylic acids is 3. The Morgan fingerprint density at radius 3 is 2.38 bits per heavy atom. The molecule has 1 aliphatic rings. The average molecular weight is 364 g/mol. The Bertz CT molecular complexity index is 832. The number of carbonyl (C=O) groups is 3. The second-order valence-electron chi connectivity index (χ2n) is 4.35. The van der Waals surface area contributed by atoms with Crippen molar-refractivity contribution in [3.8, 4) is 0 Å². The van der Waals surface area contributed by atoms with E-state index in [0.29, 0.717) is 0 Å². The van der Waals surface area contributed by atoms with Gasteiger partial charge in [-0.25, -0.2) is 4.79 Å². The number of amides is 2. The third-order valence-electron chi connectivity index (χ3n) is 2.86. The summed E-state index contributed by atoms with van der Waals surface area (Å²) < 4.78 is 30.8. The van der Waals surface area contributed by atoms with Crippen LogP contribution in [0.4, 0.5) is 5.69 Å². The van der Waals surface area contributed by atoms with Gasteiger partial charge in [0.1, 0.15) is 0 Å². The molecule has 1 fully saturated rings. The first kappa shape index (κ1) is 20.1. The summed E-state index contributed by atoms with van der Waals surface area (Å²) in [6, 6.07) is 5.03. The van der Waals surface area contributed by atoms with Gasteiger partial charge in [0.05, 0.1) is 12.0 Å². The molecule has 1 N–H and O–H groups in total. The Morgan fingerprint density at radius 2 is 1.92 bits per heavy atom. The molecular formula is C11H9N4NaO7S. The molecule has 0 aromatic heterocycles. The van der Waals surface area contributed by atoms with Crippen LogP contribution < -0.4 is 0 Å². The van der Waals surface area contributed by atoms with E-state index in [9.17, 15) is 22.8 Å². The van der Waals surface area contributed by atoms with Crippen molar-refractivity contribution in [1.29, 1.82) is 0 Å². The number of hydrogen-bond acceptors (Lipinski definition) is 7. The first-order chi connectivity index (χ1) is 10.7. The van der Waals surface area contributed by atoms with Gasteiger partial charge in [-0.1, -0.05) is 17.2 Å². The van der Waals surface area contributed by atoms with E-state index in [1.54, 1.807) is 0 Å². The second kappa shape index (κ2) is 7.75. The van der Waals surface area contributed by atoms with E-state index < -0.39 is 39.6 Å². The van der Waals surface area contributed by atoms with Crippen molar-refractivity contribution >= 4 is 63.1 Å². The van der Waals surface area contributed by atoms with Crippen LogP contribution >= 0.6 is 0 Å². The van der Waals surface area contributed by atoms with Gasteiger partial charge in [0.15, 0.2) is 5.25 Å². The number of azide groups is 1. The van der Waals surface area contributed by atoms with Crippen LogP contribution in [-0.2, 0) is 24.5 Å². The molecule has 1 unspecified atom stereocenters. The molecule has 11 nitrogen and oxygen atoms in total. The molecular weight excluding hydrogens is 355 g/mol. The maximum atomic E-state index is 11.8. The third kappa shape index (κ3) is 4.32. The number of benzene rings is 1. The predicted octanol–water partition coefficient (Wildman–Crippen LogP) is 0.0670. The number of imide groups is 1. The Balaban J connectivity index is 0.00000288. The minimum atomic E-state index is -4.78. The monoisotopic (exact) mass is 364 g/mol. The molecule has 0 aliphatic carbocycles. The van der Waals surface area contributed by atoms with Crippen LogP contribution in [0.15, 0.2) is 29.4 Å². The van der Waals surface area contributed by atoms with Crippen molar-refractivity contribution < 1.29 is 32.2 Å². The fourth-order valence-corrected chi connectivity index (χ4v) is 2.47. The Labute approximate surface area is 157 Å². The van der Waals surface area contributed by atoms with Crippen molar-refractivity contribution in [2.24, 2.45) is 5.11 Å². The van der Waals surface area contributed by atoms with E-state index in [1.165, 1.54) is 24.3 Å². The van der Waals surface area contributed by atoms with Crippen LogP contribution in [0.2, 0.25) is 0 Å². The topological polar surface area (TPSA) is 167 Å². The molecule has 13 heteroatoms. The van der Waals surface area contributed by atoms with E-state index in [0.717, 1.165) is 0 Å². The summed E-state index contributed by atoms with van der Waals surface area (Å²) in [6.07, 6.45) is -0.819. The normalized spacial score (nSPS) is 17.0. The Kier molecular flexibility index (Phi) is 6.49. The maximum absolute atomic E-state index is 11.8. The summed E-state index contributed by atoms with van der Waals surface area (Å²) >= 11 is 0.